The monoisotopic (exact) mass is 266 g/mol. The van der Waals surface area contributed by atoms with Crippen LogP contribution in [0.4, 0.5) is 0 Å². The van der Waals surface area contributed by atoms with E-state index in [2.05, 4.69) is 14.8 Å². The summed E-state index contributed by atoms with van der Waals surface area (Å²) in [5, 5.41) is 3.93. The van der Waals surface area contributed by atoms with Gasteiger partial charge < -0.3 is 0 Å². The van der Waals surface area contributed by atoms with Crippen molar-refractivity contribution in [1.82, 2.24) is 19.5 Å². The molecule has 96 valence electrons. The molecule has 18 heavy (non-hydrogen) atoms. The molecular weight excluding hydrogens is 252 g/mol. The van der Waals surface area contributed by atoms with Gasteiger partial charge in [0.05, 0.1) is 11.4 Å². The largest absolute Gasteiger partial charge is 0.251 e. The molecule has 0 radical (unpaired) electrons. The summed E-state index contributed by atoms with van der Waals surface area (Å²) in [5.74, 6) is 0. The van der Waals surface area contributed by atoms with Crippen molar-refractivity contribution in [2.24, 2.45) is 0 Å². The van der Waals surface area contributed by atoms with Gasteiger partial charge in [0.15, 0.2) is 0 Å². The van der Waals surface area contributed by atoms with E-state index in [1.165, 1.54) is 6.33 Å². The summed E-state index contributed by atoms with van der Waals surface area (Å²) in [7, 11) is -3.47. The second-order valence-corrected chi connectivity index (χ2v) is 5.67. The predicted molar refractivity (Wildman–Crippen MR) is 66.2 cm³/mol. The van der Waals surface area contributed by atoms with Gasteiger partial charge >= 0.3 is 0 Å². The molecule has 0 spiro atoms. The van der Waals surface area contributed by atoms with E-state index >= 15 is 0 Å². The van der Waals surface area contributed by atoms with Crippen molar-refractivity contribution in [3.63, 3.8) is 0 Å². The third kappa shape index (κ3) is 3.14. The van der Waals surface area contributed by atoms with E-state index in [0.29, 0.717) is 6.54 Å². The van der Waals surface area contributed by atoms with E-state index in [9.17, 15) is 8.42 Å². The number of rotatable bonds is 5. The Morgan fingerprint density at radius 3 is 2.67 bits per heavy atom. The zero-order valence-electron chi connectivity index (χ0n) is 9.89. The first kappa shape index (κ1) is 12.7. The normalized spacial score (nSPS) is 13.4. The lowest BCUT2D eigenvalue weighted by Crippen LogP contribution is -2.35. The first-order chi connectivity index (χ1) is 8.58. The van der Waals surface area contributed by atoms with E-state index < -0.39 is 10.0 Å². The molecule has 0 aliphatic carbocycles. The van der Waals surface area contributed by atoms with Crippen LogP contribution in [-0.2, 0) is 16.6 Å². The fourth-order valence-corrected chi connectivity index (χ4v) is 2.83. The summed E-state index contributed by atoms with van der Waals surface area (Å²) in [4.78, 5) is 4.06. The van der Waals surface area contributed by atoms with Crippen LogP contribution >= 0.6 is 0 Å². The number of sulfonamides is 1. The highest BCUT2D eigenvalue weighted by atomic mass is 32.2. The molecule has 0 amide bonds. The standard InChI is InChI=1S/C11H14N4O2S/c1-10(7-15-9-12-8-13-15)14-18(16,17)11-5-3-2-4-6-11/h2-6,8-10,14H,7H2,1H3/t10-/m1/s1. The van der Waals surface area contributed by atoms with E-state index in [1.807, 2.05) is 0 Å². The lowest BCUT2D eigenvalue weighted by Gasteiger charge is -2.13. The molecule has 1 atom stereocenters. The molecule has 6 nitrogen and oxygen atoms in total. The molecule has 1 heterocycles. The van der Waals surface area contributed by atoms with E-state index in [0.717, 1.165) is 0 Å². The van der Waals surface area contributed by atoms with Crippen molar-refractivity contribution >= 4 is 10.0 Å². The quantitative estimate of drug-likeness (QED) is 0.861. The lowest BCUT2D eigenvalue weighted by molar-refractivity contribution is 0.493. The van der Waals surface area contributed by atoms with Crippen LogP contribution in [0.3, 0.4) is 0 Å². The van der Waals surface area contributed by atoms with Gasteiger partial charge in [-0.05, 0) is 19.1 Å². The summed E-state index contributed by atoms with van der Waals surface area (Å²) < 4.78 is 28.2. The smallest absolute Gasteiger partial charge is 0.240 e. The first-order valence-corrected chi connectivity index (χ1v) is 6.96. The zero-order chi connectivity index (χ0) is 13.0. The average molecular weight is 266 g/mol. The highest BCUT2D eigenvalue weighted by Gasteiger charge is 2.17. The third-order valence-corrected chi connectivity index (χ3v) is 3.94. The van der Waals surface area contributed by atoms with Crippen LogP contribution in [0.25, 0.3) is 0 Å². The molecule has 0 unspecified atom stereocenters. The fraction of sp³-hybridized carbons (Fsp3) is 0.273. The predicted octanol–water partition coefficient (Wildman–Crippen LogP) is 0.645. The molecule has 0 fully saturated rings. The SMILES string of the molecule is C[C@H](Cn1cncn1)NS(=O)(=O)c1ccccc1. The number of aromatic nitrogens is 3. The maximum Gasteiger partial charge on any atom is 0.240 e. The Morgan fingerprint density at radius 1 is 1.33 bits per heavy atom. The Bertz CT molecular complexity index is 581. The van der Waals surface area contributed by atoms with Crippen LogP contribution in [0.15, 0.2) is 47.9 Å². The van der Waals surface area contributed by atoms with Gasteiger partial charge in [0.2, 0.25) is 10.0 Å². The van der Waals surface area contributed by atoms with Crippen LogP contribution in [0.2, 0.25) is 0 Å². The molecule has 0 saturated heterocycles. The summed E-state index contributed by atoms with van der Waals surface area (Å²) in [6.45, 7) is 2.22. The van der Waals surface area contributed by atoms with Gasteiger partial charge in [0.1, 0.15) is 12.7 Å². The molecule has 0 aliphatic rings. The molecule has 1 aromatic carbocycles. The van der Waals surface area contributed by atoms with Crippen LogP contribution in [0.1, 0.15) is 6.92 Å². The first-order valence-electron chi connectivity index (χ1n) is 5.48. The highest BCUT2D eigenvalue weighted by molar-refractivity contribution is 7.89. The second kappa shape index (κ2) is 5.28. The molecule has 0 aliphatic heterocycles. The Kier molecular flexibility index (Phi) is 3.73. The number of nitrogens with one attached hydrogen (secondary N) is 1. The summed E-state index contributed by atoms with van der Waals surface area (Å²) in [5.41, 5.74) is 0. The van der Waals surface area contributed by atoms with Crippen molar-refractivity contribution in [2.45, 2.75) is 24.4 Å². The Hall–Kier alpha value is -1.73. The van der Waals surface area contributed by atoms with Crippen molar-refractivity contribution in [3.8, 4) is 0 Å². The fourth-order valence-electron chi connectivity index (χ4n) is 1.58. The molecule has 2 aromatic rings. The van der Waals surface area contributed by atoms with Crippen LogP contribution in [0.5, 0.6) is 0 Å². The van der Waals surface area contributed by atoms with E-state index in [1.54, 1.807) is 48.3 Å². The van der Waals surface area contributed by atoms with Crippen LogP contribution < -0.4 is 4.72 Å². The highest BCUT2D eigenvalue weighted by Crippen LogP contribution is 2.08. The second-order valence-electron chi connectivity index (χ2n) is 3.95. The van der Waals surface area contributed by atoms with Gasteiger partial charge in [0, 0.05) is 6.04 Å². The van der Waals surface area contributed by atoms with E-state index in [4.69, 9.17) is 0 Å². The molecule has 0 bridgehead atoms. The molecule has 2 rings (SSSR count). The summed E-state index contributed by atoms with van der Waals surface area (Å²) in [6, 6.07) is 8.01. The number of benzene rings is 1. The average Bonchev–Trinajstić information content (AvgIpc) is 2.82. The Labute approximate surface area is 106 Å². The zero-order valence-corrected chi connectivity index (χ0v) is 10.7. The van der Waals surface area contributed by atoms with E-state index in [-0.39, 0.29) is 10.9 Å². The number of hydrogen-bond acceptors (Lipinski definition) is 4. The number of hydrogen-bond donors (Lipinski definition) is 1. The molecule has 0 saturated carbocycles. The summed E-state index contributed by atoms with van der Waals surface area (Å²) >= 11 is 0. The van der Waals surface area contributed by atoms with Gasteiger partial charge in [-0.25, -0.2) is 18.1 Å². The minimum absolute atomic E-state index is 0.260. The minimum atomic E-state index is -3.47. The Balaban J connectivity index is 2.05. The number of nitrogens with zero attached hydrogens (tertiary/aromatic N) is 3. The molecule has 1 aromatic heterocycles. The maximum atomic E-state index is 12.0. The third-order valence-electron chi connectivity index (χ3n) is 2.34. The topological polar surface area (TPSA) is 76.9 Å². The minimum Gasteiger partial charge on any atom is -0.251 e. The Morgan fingerprint density at radius 2 is 2.06 bits per heavy atom. The van der Waals surface area contributed by atoms with Crippen molar-refractivity contribution in [2.75, 3.05) is 0 Å². The van der Waals surface area contributed by atoms with Crippen LogP contribution in [-0.4, -0.2) is 29.2 Å². The lowest BCUT2D eigenvalue weighted by atomic mass is 10.4. The summed E-state index contributed by atoms with van der Waals surface area (Å²) in [6.07, 6.45) is 2.96. The van der Waals surface area contributed by atoms with Gasteiger partial charge in [-0.2, -0.15) is 5.10 Å². The van der Waals surface area contributed by atoms with Gasteiger partial charge in [-0.3, -0.25) is 4.68 Å². The van der Waals surface area contributed by atoms with Crippen molar-refractivity contribution in [1.29, 1.82) is 0 Å². The van der Waals surface area contributed by atoms with Crippen molar-refractivity contribution < 1.29 is 8.42 Å². The van der Waals surface area contributed by atoms with Gasteiger partial charge in [-0.15, -0.1) is 0 Å². The van der Waals surface area contributed by atoms with Crippen LogP contribution in [0, 0.1) is 0 Å². The van der Waals surface area contributed by atoms with Gasteiger partial charge in [0.25, 0.3) is 0 Å². The molecular formula is C11H14N4O2S. The van der Waals surface area contributed by atoms with Crippen molar-refractivity contribution in [3.05, 3.63) is 43.0 Å². The maximum absolute atomic E-state index is 12.0. The van der Waals surface area contributed by atoms with Gasteiger partial charge in [-0.1, -0.05) is 18.2 Å². The molecule has 1 N–H and O–H groups in total. The molecule has 7 heteroatoms.